The number of anilines is 1. The van der Waals surface area contributed by atoms with Crippen molar-refractivity contribution >= 4 is 21.6 Å². The quantitative estimate of drug-likeness (QED) is 0.785. The van der Waals surface area contributed by atoms with Crippen LogP contribution in [0.2, 0.25) is 0 Å². The van der Waals surface area contributed by atoms with E-state index in [9.17, 15) is 17.6 Å². The molecule has 27 heavy (non-hydrogen) atoms. The number of benzene rings is 2. The van der Waals surface area contributed by atoms with Gasteiger partial charge in [-0.3, -0.25) is 9.52 Å². The van der Waals surface area contributed by atoms with Gasteiger partial charge in [0, 0.05) is 17.8 Å². The molecule has 7 heteroatoms. The van der Waals surface area contributed by atoms with E-state index >= 15 is 0 Å². The van der Waals surface area contributed by atoms with Crippen molar-refractivity contribution in [2.24, 2.45) is 5.92 Å². The van der Waals surface area contributed by atoms with E-state index < -0.39 is 15.8 Å². The van der Waals surface area contributed by atoms with E-state index in [1.165, 1.54) is 67.8 Å². The van der Waals surface area contributed by atoms with Gasteiger partial charge in [0.25, 0.3) is 15.9 Å². The van der Waals surface area contributed by atoms with Crippen LogP contribution >= 0.6 is 0 Å². The summed E-state index contributed by atoms with van der Waals surface area (Å²) in [7, 11) is -3.80. The zero-order chi connectivity index (χ0) is 19.3. The third-order valence-corrected chi connectivity index (χ3v) is 6.20. The van der Waals surface area contributed by atoms with Gasteiger partial charge in [0.05, 0.1) is 4.90 Å². The minimum absolute atomic E-state index is 0.0376. The molecule has 0 heterocycles. The first-order valence-electron chi connectivity index (χ1n) is 9.11. The smallest absolute Gasteiger partial charge is 0.261 e. The molecular formula is C20H23FN2O3S. The minimum Gasteiger partial charge on any atom is -0.352 e. The van der Waals surface area contributed by atoms with Crippen LogP contribution < -0.4 is 10.0 Å². The summed E-state index contributed by atoms with van der Waals surface area (Å²) < 4.78 is 40.1. The van der Waals surface area contributed by atoms with Gasteiger partial charge >= 0.3 is 0 Å². The van der Waals surface area contributed by atoms with E-state index in [2.05, 4.69) is 10.0 Å². The molecule has 0 bridgehead atoms. The van der Waals surface area contributed by atoms with Crippen LogP contribution in [0.25, 0.3) is 0 Å². The highest BCUT2D eigenvalue weighted by Crippen LogP contribution is 2.23. The largest absolute Gasteiger partial charge is 0.352 e. The molecule has 2 N–H and O–H groups in total. The molecule has 0 radical (unpaired) electrons. The fourth-order valence-corrected chi connectivity index (χ4v) is 4.31. The topological polar surface area (TPSA) is 75.3 Å². The van der Waals surface area contributed by atoms with E-state index in [1.807, 2.05) is 0 Å². The highest BCUT2D eigenvalue weighted by Gasteiger charge is 2.17. The molecule has 3 rings (SSSR count). The average Bonchev–Trinajstić information content (AvgIpc) is 2.69. The van der Waals surface area contributed by atoms with Gasteiger partial charge in [-0.1, -0.05) is 19.3 Å². The van der Waals surface area contributed by atoms with Crippen LogP contribution in [-0.2, 0) is 10.0 Å². The average molecular weight is 390 g/mol. The number of nitrogens with one attached hydrogen (secondary N) is 2. The molecule has 0 atom stereocenters. The SMILES string of the molecule is O=C(NCC1CCCCC1)c1ccc(S(=O)(=O)Nc2ccc(F)cc2)cc1. The second-order valence-electron chi connectivity index (χ2n) is 6.85. The van der Waals surface area contributed by atoms with Crippen molar-refractivity contribution in [3.8, 4) is 0 Å². The molecule has 144 valence electrons. The summed E-state index contributed by atoms with van der Waals surface area (Å²) >= 11 is 0. The zero-order valence-electron chi connectivity index (χ0n) is 14.9. The molecular weight excluding hydrogens is 367 g/mol. The molecule has 1 amide bonds. The van der Waals surface area contributed by atoms with Crippen molar-refractivity contribution in [2.75, 3.05) is 11.3 Å². The number of hydrogen-bond acceptors (Lipinski definition) is 3. The van der Waals surface area contributed by atoms with Crippen LogP contribution in [0.5, 0.6) is 0 Å². The van der Waals surface area contributed by atoms with Gasteiger partial charge in [0.2, 0.25) is 0 Å². The number of hydrogen-bond donors (Lipinski definition) is 2. The highest BCUT2D eigenvalue weighted by molar-refractivity contribution is 7.92. The summed E-state index contributed by atoms with van der Waals surface area (Å²) in [5, 5.41) is 2.93. The lowest BCUT2D eigenvalue weighted by atomic mass is 9.89. The molecule has 5 nitrogen and oxygen atoms in total. The third kappa shape index (κ3) is 5.29. The van der Waals surface area contributed by atoms with Crippen LogP contribution in [0.1, 0.15) is 42.5 Å². The molecule has 0 spiro atoms. The number of halogens is 1. The van der Waals surface area contributed by atoms with E-state index in [4.69, 9.17) is 0 Å². The Bertz CT molecular complexity index is 874. The van der Waals surface area contributed by atoms with Crippen LogP contribution in [0.15, 0.2) is 53.4 Å². The third-order valence-electron chi connectivity index (χ3n) is 4.80. The standard InChI is InChI=1S/C20H23FN2O3S/c21-17-8-10-18(11-9-17)23-27(25,26)19-12-6-16(7-13-19)20(24)22-14-15-4-2-1-3-5-15/h6-13,15,23H,1-5,14H2,(H,22,24). The lowest BCUT2D eigenvalue weighted by Gasteiger charge is -2.21. The van der Waals surface area contributed by atoms with Crippen LogP contribution in [0, 0.1) is 11.7 Å². The summed E-state index contributed by atoms with van der Waals surface area (Å²) in [4.78, 5) is 12.3. The van der Waals surface area contributed by atoms with Crippen LogP contribution in [0.4, 0.5) is 10.1 Å². The maximum absolute atomic E-state index is 12.9. The first-order chi connectivity index (χ1) is 12.9. The zero-order valence-corrected chi connectivity index (χ0v) is 15.8. The summed E-state index contributed by atoms with van der Waals surface area (Å²) in [6.07, 6.45) is 5.99. The number of rotatable bonds is 6. The molecule has 1 aliphatic rings. The predicted octanol–water partition coefficient (Wildman–Crippen LogP) is 3.94. The molecule has 1 saturated carbocycles. The molecule has 0 unspecified atom stereocenters. The van der Waals surface area contributed by atoms with Gasteiger partial charge < -0.3 is 5.32 Å². The Labute approximate surface area is 159 Å². The Hall–Kier alpha value is -2.41. The second-order valence-corrected chi connectivity index (χ2v) is 8.53. The van der Waals surface area contributed by atoms with Gasteiger partial charge in [-0.25, -0.2) is 12.8 Å². The van der Waals surface area contributed by atoms with Crippen molar-refractivity contribution < 1.29 is 17.6 Å². The Balaban J connectivity index is 1.61. The first kappa shape index (κ1) is 19.4. The van der Waals surface area contributed by atoms with Crippen molar-refractivity contribution in [3.05, 3.63) is 59.9 Å². The molecule has 2 aromatic carbocycles. The van der Waals surface area contributed by atoms with E-state index in [0.717, 1.165) is 12.8 Å². The van der Waals surface area contributed by atoms with Crippen molar-refractivity contribution in [1.29, 1.82) is 0 Å². The van der Waals surface area contributed by atoms with Gasteiger partial charge in [0.15, 0.2) is 0 Å². The van der Waals surface area contributed by atoms with Crippen LogP contribution in [0.3, 0.4) is 0 Å². The Morgan fingerprint density at radius 3 is 2.22 bits per heavy atom. The Morgan fingerprint density at radius 1 is 0.963 bits per heavy atom. The first-order valence-corrected chi connectivity index (χ1v) is 10.6. The van der Waals surface area contributed by atoms with Crippen molar-refractivity contribution in [3.63, 3.8) is 0 Å². The molecule has 0 aliphatic heterocycles. The molecule has 1 fully saturated rings. The summed E-state index contributed by atoms with van der Waals surface area (Å²) in [5.74, 6) is -0.111. The van der Waals surface area contributed by atoms with Crippen LogP contribution in [-0.4, -0.2) is 20.9 Å². The number of carbonyl (C=O) groups is 1. The van der Waals surface area contributed by atoms with Crippen molar-refractivity contribution in [2.45, 2.75) is 37.0 Å². The van der Waals surface area contributed by atoms with Gasteiger partial charge in [0.1, 0.15) is 5.82 Å². The number of sulfonamides is 1. The monoisotopic (exact) mass is 390 g/mol. The lowest BCUT2D eigenvalue weighted by molar-refractivity contribution is 0.0943. The lowest BCUT2D eigenvalue weighted by Crippen LogP contribution is -2.30. The molecule has 2 aromatic rings. The van der Waals surface area contributed by atoms with Gasteiger partial charge in [-0.2, -0.15) is 0 Å². The van der Waals surface area contributed by atoms with E-state index in [1.54, 1.807) is 0 Å². The maximum atomic E-state index is 12.9. The van der Waals surface area contributed by atoms with Gasteiger partial charge in [-0.15, -0.1) is 0 Å². The summed E-state index contributed by atoms with van der Waals surface area (Å²) in [6.45, 7) is 0.658. The Morgan fingerprint density at radius 2 is 1.59 bits per heavy atom. The minimum atomic E-state index is -3.80. The Kier molecular flexibility index (Phi) is 6.11. The van der Waals surface area contributed by atoms with E-state index in [0.29, 0.717) is 18.0 Å². The number of amides is 1. The van der Waals surface area contributed by atoms with E-state index in [-0.39, 0.29) is 16.5 Å². The van der Waals surface area contributed by atoms with Gasteiger partial charge in [-0.05, 0) is 67.3 Å². The fraction of sp³-hybridized carbons (Fsp3) is 0.350. The number of carbonyl (C=O) groups excluding carboxylic acids is 1. The maximum Gasteiger partial charge on any atom is 0.261 e. The molecule has 0 aromatic heterocycles. The normalized spacial score (nSPS) is 15.3. The second kappa shape index (κ2) is 8.52. The fourth-order valence-electron chi connectivity index (χ4n) is 3.25. The van der Waals surface area contributed by atoms with Crippen molar-refractivity contribution in [1.82, 2.24) is 5.32 Å². The highest BCUT2D eigenvalue weighted by atomic mass is 32.2. The summed E-state index contributed by atoms with van der Waals surface area (Å²) in [6, 6.07) is 10.8. The molecule has 1 aliphatic carbocycles. The summed E-state index contributed by atoms with van der Waals surface area (Å²) in [5.41, 5.74) is 0.692. The predicted molar refractivity (Wildman–Crippen MR) is 103 cm³/mol. The molecule has 0 saturated heterocycles.